The summed E-state index contributed by atoms with van der Waals surface area (Å²) in [6.45, 7) is 2.50. The first-order valence-electron chi connectivity index (χ1n) is 4.62. The summed E-state index contributed by atoms with van der Waals surface area (Å²) in [4.78, 5) is 0. The van der Waals surface area contributed by atoms with Gasteiger partial charge in [0.25, 0.3) is 0 Å². The molecule has 0 aliphatic heterocycles. The Morgan fingerprint density at radius 3 is 2.73 bits per heavy atom. The van der Waals surface area contributed by atoms with Crippen LogP contribution in [0.5, 0.6) is 0 Å². The van der Waals surface area contributed by atoms with Crippen molar-refractivity contribution >= 4 is 11.6 Å². The predicted molar refractivity (Wildman–Crippen MR) is 57.2 cm³/mol. The minimum Gasteiger partial charge on any atom is -0.465 e. The highest BCUT2D eigenvalue weighted by atomic mass is 16.3. The van der Waals surface area contributed by atoms with Crippen molar-refractivity contribution in [3.05, 3.63) is 35.8 Å². The van der Waals surface area contributed by atoms with Crippen molar-refractivity contribution in [2.75, 3.05) is 11.1 Å². The van der Waals surface area contributed by atoms with Crippen LogP contribution in [0.15, 0.2) is 28.7 Å². The fourth-order valence-electron chi connectivity index (χ4n) is 1.19. The minimum absolute atomic E-state index is 0.411. The molecule has 0 aliphatic carbocycles. The Bertz CT molecular complexity index is 435. The molecule has 5 heteroatoms. The summed E-state index contributed by atoms with van der Waals surface area (Å²) in [5.41, 5.74) is 5.42. The predicted octanol–water partition coefficient (Wildman–Crippen LogP) is 1.57. The van der Waals surface area contributed by atoms with E-state index in [2.05, 4.69) is 15.5 Å². The molecule has 0 bridgehead atoms. The maximum Gasteiger partial charge on any atom is 0.149 e. The van der Waals surface area contributed by atoms with E-state index in [-0.39, 0.29) is 0 Å². The van der Waals surface area contributed by atoms with Crippen molar-refractivity contribution in [3.8, 4) is 0 Å². The molecule has 78 valence electrons. The van der Waals surface area contributed by atoms with E-state index in [9.17, 15) is 0 Å². The molecule has 2 heterocycles. The number of rotatable bonds is 3. The van der Waals surface area contributed by atoms with Crippen LogP contribution in [-0.4, -0.2) is 10.2 Å². The second-order valence-electron chi connectivity index (χ2n) is 3.21. The van der Waals surface area contributed by atoms with E-state index in [1.54, 1.807) is 12.1 Å². The lowest BCUT2D eigenvalue weighted by Crippen LogP contribution is -2.02. The number of aryl methyl sites for hydroxylation is 1. The highest BCUT2D eigenvalue weighted by Gasteiger charge is 1.99. The standard InChI is InChI=1S/C10H12N4O/c1-7-2-3-8(15-7)6-12-10-5-4-9(11)13-14-10/h2-5H,6H2,1H3,(H2,11,13)(H,12,14). The number of hydrogen-bond donors (Lipinski definition) is 2. The lowest BCUT2D eigenvalue weighted by Gasteiger charge is -2.01. The number of nitrogen functional groups attached to an aromatic ring is 1. The quantitative estimate of drug-likeness (QED) is 0.793. The highest BCUT2D eigenvalue weighted by molar-refractivity contribution is 5.38. The van der Waals surface area contributed by atoms with Crippen molar-refractivity contribution < 1.29 is 4.42 Å². The average molecular weight is 204 g/mol. The van der Waals surface area contributed by atoms with Gasteiger partial charge in [-0.25, -0.2) is 0 Å². The molecule has 0 amide bonds. The Kier molecular flexibility index (Phi) is 2.53. The maximum absolute atomic E-state index is 5.42. The molecule has 0 saturated heterocycles. The Hall–Kier alpha value is -2.04. The Labute approximate surface area is 87.3 Å². The van der Waals surface area contributed by atoms with Crippen molar-refractivity contribution in [2.45, 2.75) is 13.5 Å². The highest BCUT2D eigenvalue weighted by Crippen LogP contribution is 2.09. The Balaban J connectivity index is 1.96. The summed E-state index contributed by atoms with van der Waals surface area (Å²) in [6, 6.07) is 7.32. The van der Waals surface area contributed by atoms with E-state index in [1.807, 2.05) is 19.1 Å². The molecule has 0 spiro atoms. The van der Waals surface area contributed by atoms with Crippen LogP contribution in [0.1, 0.15) is 11.5 Å². The molecule has 0 unspecified atom stereocenters. The molecule has 5 nitrogen and oxygen atoms in total. The van der Waals surface area contributed by atoms with E-state index >= 15 is 0 Å². The van der Waals surface area contributed by atoms with Gasteiger partial charge in [-0.2, -0.15) is 0 Å². The minimum atomic E-state index is 0.411. The molecule has 0 aliphatic rings. The van der Waals surface area contributed by atoms with Gasteiger partial charge in [0.2, 0.25) is 0 Å². The van der Waals surface area contributed by atoms with Crippen LogP contribution in [0, 0.1) is 6.92 Å². The number of anilines is 2. The number of furan rings is 1. The van der Waals surface area contributed by atoms with Gasteiger partial charge in [-0.05, 0) is 31.2 Å². The zero-order valence-corrected chi connectivity index (χ0v) is 8.40. The number of nitrogens with two attached hydrogens (primary N) is 1. The van der Waals surface area contributed by atoms with Crippen LogP contribution in [0.4, 0.5) is 11.6 Å². The SMILES string of the molecule is Cc1ccc(CNc2ccc(N)nn2)o1. The maximum atomic E-state index is 5.42. The summed E-state index contributed by atoms with van der Waals surface area (Å²) >= 11 is 0. The van der Waals surface area contributed by atoms with Gasteiger partial charge < -0.3 is 15.5 Å². The van der Waals surface area contributed by atoms with Gasteiger partial charge in [-0.1, -0.05) is 0 Å². The molecule has 2 rings (SSSR count). The van der Waals surface area contributed by atoms with Crippen LogP contribution < -0.4 is 11.1 Å². The lowest BCUT2D eigenvalue weighted by molar-refractivity contribution is 0.490. The van der Waals surface area contributed by atoms with Crippen molar-refractivity contribution in [3.63, 3.8) is 0 Å². The van der Waals surface area contributed by atoms with Crippen LogP contribution >= 0.6 is 0 Å². The van der Waals surface area contributed by atoms with E-state index in [0.29, 0.717) is 18.2 Å². The van der Waals surface area contributed by atoms with Crippen LogP contribution in [0.2, 0.25) is 0 Å². The van der Waals surface area contributed by atoms with Gasteiger partial charge in [0.1, 0.15) is 23.2 Å². The van der Waals surface area contributed by atoms with Gasteiger partial charge in [0.05, 0.1) is 6.54 Å². The molecule has 0 fully saturated rings. The van der Waals surface area contributed by atoms with E-state index < -0.39 is 0 Å². The zero-order valence-electron chi connectivity index (χ0n) is 8.40. The summed E-state index contributed by atoms with van der Waals surface area (Å²) < 4.78 is 5.39. The molecule has 0 atom stereocenters. The molecular formula is C10H12N4O. The third kappa shape index (κ3) is 2.46. The molecule has 0 radical (unpaired) electrons. The smallest absolute Gasteiger partial charge is 0.149 e. The molecule has 0 saturated carbocycles. The van der Waals surface area contributed by atoms with E-state index in [4.69, 9.17) is 10.2 Å². The Morgan fingerprint density at radius 1 is 1.27 bits per heavy atom. The van der Waals surface area contributed by atoms with Crippen LogP contribution in [-0.2, 0) is 6.54 Å². The molecule has 3 N–H and O–H groups in total. The van der Waals surface area contributed by atoms with Crippen molar-refractivity contribution in [2.24, 2.45) is 0 Å². The third-order valence-corrected chi connectivity index (χ3v) is 1.92. The number of aromatic nitrogens is 2. The number of nitrogens with one attached hydrogen (secondary N) is 1. The summed E-state index contributed by atoms with van der Waals surface area (Å²) in [6.07, 6.45) is 0. The van der Waals surface area contributed by atoms with Crippen LogP contribution in [0.3, 0.4) is 0 Å². The van der Waals surface area contributed by atoms with Gasteiger partial charge >= 0.3 is 0 Å². The second kappa shape index (κ2) is 4.00. The first kappa shape index (κ1) is 9.51. The first-order valence-corrected chi connectivity index (χ1v) is 4.62. The summed E-state index contributed by atoms with van der Waals surface area (Å²) in [5, 5.41) is 10.7. The number of nitrogens with zero attached hydrogens (tertiary/aromatic N) is 2. The van der Waals surface area contributed by atoms with Crippen LogP contribution in [0.25, 0.3) is 0 Å². The van der Waals surface area contributed by atoms with Gasteiger partial charge in [-0.15, -0.1) is 10.2 Å². The Morgan fingerprint density at radius 2 is 2.13 bits per heavy atom. The molecule has 2 aromatic heterocycles. The van der Waals surface area contributed by atoms with Crippen molar-refractivity contribution in [1.29, 1.82) is 0 Å². The van der Waals surface area contributed by atoms with Gasteiger partial charge in [0, 0.05) is 0 Å². The van der Waals surface area contributed by atoms with Gasteiger partial charge in [0.15, 0.2) is 0 Å². The van der Waals surface area contributed by atoms with Crippen molar-refractivity contribution in [1.82, 2.24) is 10.2 Å². The average Bonchev–Trinajstić information content (AvgIpc) is 2.64. The molecule has 2 aromatic rings. The summed E-state index contributed by atoms with van der Waals surface area (Å²) in [7, 11) is 0. The third-order valence-electron chi connectivity index (χ3n) is 1.92. The fourth-order valence-corrected chi connectivity index (χ4v) is 1.19. The lowest BCUT2D eigenvalue weighted by atomic mass is 10.4. The molecular weight excluding hydrogens is 192 g/mol. The second-order valence-corrected chi connectivity index (χ2v) is 3.21. The van der Waals surface area contributed by atoms with Gasteiger partial charge in [-0.3, -0.25) is 0 Å². The summed E-state index contributed by atoms with van der Waals surface area (Å²) in [5.74, 6) is 2.86. The topological polar surface area (TPSA) is 77.0 Å². The monoisotopic (exact) mass is 204 g/mol. The van der Waals surface area contributed by atoms with E-state index in [0.717, 1.165) is 11.5 Å². The van der Waals surface area contributed by atoms with E-state index in [1.165, 1.54) is 0 Å². The zero-order chi connectivity index (χ0) is 10.7. The fraction of sp³-hybridized carbons (Fsp3) is 0.200. The number of hydrogen-bond acceptors (Lipinski definition) is 5. The largest absolute Gasteiger partial charge is 0.465 e. The molecule has 15 heavy (non-hydrogen) atoms. The first-order chi connectivity index (χ1) is 7.24. The normalized spacial score (nSPS) is 10.2. The molecule has 0 aromatic carbocycles.